The molecular weight excluding hydrogens is 230 g/mol. The third-order valence-electron chi connectivity index (χ3n) is 2.57. The highest BCUT2D eigenvalue weighted by Crippen LogP contribution is 2.12. The number of oxazole rings is 1. The zero-order valence-corrected chi connectivity index (χ0v) is 10.1. The molecule has 0 spiro atoms. The van der Waals surface area contributed by atoms with Gasteiger partial charge in [-0.15, -0.1) is 0 Å². The second-order valence-electron chi connectivity index (χ2n) is 3.83. The molecule has 0 atom stereocenters. The van der Waals surface area contributed by atoms with Crippen molar-refractivity contribution in [3.63, 3.8) is 0 Å². The number of aromatic nitrogens is 1. The Bertz CT molecular complexity index is 531. The Balaban J connectivity index is 2.06. The first-order chi connectivity index (χ1) is 8.72. The van der Waals surface area contributed by atoms with Gasteiger partial charge in [0, 0.05) is 5.69 Å². The molecule has 0 radical (unpaired) electrons. The fraction of sp³-hybridized carbons (Fsp3) is 0.231. The number of rotatable bonds is 4. The number of nitrogens with zero attached hydrogens (tertiary/aromatic N) is 1. The van der Waals surface area contributed by atoms with Crippen LogP contribution >= 0.6 is 0 Å². The van der Waals surface area contributed by atoms with E-state index in [1.54, 1.807) is 0 Å². The predicted molar refractivity (Wildman–Crippen MR) is 68.2 cm³/mol. The van der Waals surface area contributed by atoms with Crippen molar-refractivity contribution in [3.8, 4) is 0 Å². The Kier molecular flexibility index (Phi) is 3.74. The number of amides is 1. The molecule has 94 valence electrons. The number of anilines is 1. The van der Waals surface area contributed by atoms with E-state index in [1.165, 1.54) is 11.8 Å². The fourth-order valence-corrected chi connectivity index (χ4v) is 1.53. The molecular formula is C13H15N3O2. The Morgan fingerprint density at radius 1 is 1.39 bits per heavy atom. The second kappa shape index (κ2) is 5.46. The lowest BCUT2D eigenvalue weighted by Crippen LogP contribution is -2.10. The van der Waals surface area contributed by atoms with Crippen LogP contribution in [0.25, 0.3) is 0 Å². The van der Waals surface area contributed by atoms with E-state index in [1.807, 2.05) is 24.3 Å². The maximum Gasteiger partial charge on any atom is 0.293 e. The van der Waals surface area contributed by atoms with Crippen LogP contribution in [0.15, 0.2) is 34.9 Å². The summed E-state index contributed by atoms with van der Waals surface area (Å²) in [5.74, 6) is 0.183. The number of nitrogens with two attached hydrogens (primary N) is 1. The van der Waals surface area contributed by atoms with E-state index in [4.69, 9.17) is 10.2 Å². The highest BCUT2D eigenvalue weighted by atomic mass is 16.4. The van der Waals surface area contributed by atoms with Crippen LogP contribution in [0.4, 0.5) is 5.69 Å². The Labute approximate surface area is 105 Å². The van der Waals surface area contributed by atoms with Gasteiger partial charge in [-0.2, -0.15) is 0 Å². The normalized spacial score (nSPS) is 10.3. The Morgan fingerprint density at radius 3 is 2.67 bits per heavy atom. The minimum atomic E-state index is -0.327. The van der Waals surface area contributed by atoms with Crippen LogP contribution in [0.2, 0.25) is 0 Å². The molecule has 0 fully saturated rings. The van der Waals surface area contributed by atoms with Gasteiger partial charge < -0.3 is 15.5 Å². The first-order valence-corrected chi connectivity index (χ1v) is 5.78. The lowest BCUT2D eigenvalue weighted by molar-refractivity contribution is 0.0995. The van der Waals surface area contributed by atoms with Gasteiger partial charge in [0.05, 0.1) is 12.7 Å². The first kappa shape index (κ1) is 12.3. The minimum absolute atomic E-state index is 0.162. The molecule has 3 N–H and O–H groups in total. The van der Waals surface area contributed by atoms with E-state index < -0.39 is 0 Å². The number of carbonyl (C=O) groups is 1. The molecule has 1 aromatic carbocycles. The zero-order chi connectivity index (χ0) is 13.0. The van der Waals surface area contributed by atoms with Crippen molar-refractivity contribution < 1.29 is 9.21 Å². The smallest absolute Gasteiger partial charge is 0.293 e. The average Bonchev–Trinajstić information content (AvgIpc) is 2.88. The summed E-state index contributed by atoms with van der Waals surface area (Å²) < 4.78 is 5.16. The number of nitrogens with one attached hydrogen (secondary N) is 1. The van der Waals surface area contributed by atoms with Crippen LogP contribution in [0.1, 0.15) is 28.9 Å². The minimum Gasteiger partial charge on any atom is -0.434 e. The van der Waals surface area contributed by atoms with Gasteiger partial charge >= 0.3 is 0 Å². The zero-order valence-electron chi connectivity index (χ0n) is 10.1. The van der Waals surface area contributed by atoms with Crippen LogP contribution in [-0.4, -0.2) is 10.9 Å². The van der Waals surface area contributed by atoms with Crippen molar-refractivity contribution in [3.05, 3.63) is 47.7 Å². The van der Waals surface area contributed by atoms with Crippen molar-refractivity contribution in [1.29, 1.82) is 0 Å². The highest BCUT2D eigenvalue weighted by molar-refractivity contribution is 6.02. The molecule has 0 aliphatic carbocycles. The van der Waals surface area contributed by atoms with Gasteiger partial charge in [-0.1, -0.05) is 19.1 Å². The summed E-state index contributed by atoms with van der Waals surface area (Å²) in [5, 5.41) is 2.73. The summed E-state index contributed by atoms with van der Waals surface area (Å²) in [6.07, 6.45) is 2.34. The number of aryl methyl sites for hydroxylation is 1. The van der Waals surface area contributed by atoms with E-state index >= 15 is 0 Å². The quantitative estimate of drug-likeness (QED) is 0.862. The fourth-order valence-electron chi connectivity index (χ4n) is 1.53. The summed E-state index contributed by atoms with van der Waals surface area (Å²) in [4.78, 5) is 15.7. The molecule has 0 bridgehead atoms. The standard InChI is InChI=1S/C13H15N3O2/c1-2-9-3-5-10(6-4-9)16-13(17)11-8-15-12(7-14)18-11/h3-6,8H,2,7,14H2,1H3,(H,16,17). The summed E-state index contributed by atoms with van der Waals surface area (Å²) >= 11 is 0. The molecule has 1 aromatic heterocycles. The predicted octanol–water partition coefficient (Wildman–Crippen LogP) is 1.95. The van der Waals surface area contributed by atoms with E-state index in [0.29, 0.717) is 5.89 Å². The van der Waals surface area contributed by atoms with Gasteiger partial charge in [0.15, 0.2) is 0 Å². The summed E-state index contributed by atoms with van der Waals surface area (Å²) in [7, 11) is 0. The third kappa shape index (κ3) is 2.75. The van der Waals surface area contributed by atoms with Crippen LogP contribution in [0, 0.1) is 0 Å². The summed E-state index contributed by atoms with van der Waals surface area (Å²) in [6.45, 7) is 2.26. The van der Waals surface area contributed by atoms with Crippen LogP contribution in [0.5, 0.6) is 0 Å². The lowest BCUT2D eigenvalue weighted by Gasteiger charge is -2.03. The molecule has 0 unspecified atom stereocenters. The molecule has 2 aromatic rings. The molecule has 0 aliphatic rings. The van der Waals surface area contributed by atoms with Crippen molar-refractivity contribution in [2.24, 2.45) is 5.73 Å². The highest BCUT2D eigenvalue weighted by Gasteiger charge is 2.11. The van der Waals surface area contributed by atoms with Crippen LogP contribution < -0.4 is 11.1 Å². The number of hydrogen-bond donors (Lipinski definition) is 2. The number of benzene rings is 1. The van der Waals surface area contributed by atoms with Crippen LogP contribution in [0.3, 0.4) is 0 Å². The number of carbonyl (C=O) groups excluding carboxylic acids is 1. The average molecular weight is 245 g/mol. The van der Waals surface area contributed by atoms with Gasteiger partial charge in [0.2, 0.25) is 11.7 Å². The third-order valence-corrected chi connectivity index (χ3v) is 2.57. The second-order valence-corrected chi connectivity index (χ2v) is 3.83. The van der Waals surface area contributed by atoms with Crippen molar-refractivity contribution in [2.45, 2.75) is 19.9 Å². The molecule has 0 aliphatic heterocycles. The monoisotopic (exact) mass is 245 g/mol. The molecule has 0 saturated heterocycles. The van der Waals surface area contributed by atoms with Gasteiger partial charge in [0.25, 0.3) is 5.91 Å². The lowest BCUT2D eigenvalue weighted by atomic mass is 10.1. The maximum atomic E-state index is 11.8. The van der Waals surface area contributed by atoms with Crippen LogP contribution in [-0.2, 0) is 13.0 Å². The van der Waals surface area contributed by atoms with Crippen molar-refractivity contribution in [1.82, 2.24) is 4.98 Å². The van der Waals surface area contributed by atoms with E-state index in [9.17, 15) is 4.79 Å². The maximum absolute atomic E-state index is 11.8. The molecule has 1 amide bonds. The Morgan fingerprint density at radius 2 is 2.11 bits per heavy atom. The topological polar surface area (TPSA) is 81.2 Å². The molecule has 5 heteroatoms. The summed E-state index contributed by atoms with van der Waals surface area (Å²) in [6, 6.07) is 7.66. The van der Waals surface area contributed by atoms with E-state index in [2.05, 4.69) is 17.2 Å². The van der Waals surface area contributed by atoms with Crippen molar-refractivity contribution in [2.75, 3.05) is 5.32 Å². The van der Waals surface area contributed by atoms with Gasteiger partial charge in [0.1, 0.15) is 0 Å². The molecule has 18 heavy (non-hydrogen) atoms. The molecule has 5 nitrogen and oxygen atoms in total. The summed E-state index contributed by atoms with van der Waals surface area (Å²) in [5.41, 5.74) is 7.31. The van der Waals surface area contributed by atoms with Gasteiger partial charge in [-0.05, 0) is 24.1 Å². The molecule has 2 rings (SSSR count). The molecule has 0 saturated carbocycles. The van der Waals surface area contributed by atoms with Gasteiger partial charge in [-0.3, -0.25) is 4.79 Å². The van der Waals surface area contributed by atoms with E-state index in [-0.39, 0.29) is 18.2 Å². The largest absolute Gasteiger partial charge is 0.434 e. The van der Waals surface area contributed by atoms with E-state index in [0.717, 1.165) is 12.1 Å². The van der Waals surface area contributed by atoms with Gasteiger partial charge in [-0.25, -0.2) is 4.98 Å². The number of hydrogen-bond acceptors (Lipinski definition) is 4. The molecule has 1 heterocycles. The first-order valence-electron chi connectivity index (χ1n) is 5.78. The SMILES string of the molecule is CCc1ccc(NC(=O)c2cnc(CN)o2)cc1. The Hall–Kier alpha value is -2.14. The van der Waals surface area contributed by atoms with Crippen molar-refractivity contribution >= 4 is 11.6 Å².